The van der Waals surface area contributed by atoms with Crippen LogP contribution in [0.15, 0.2) is 47.4 Å². The molecule has 0 unspecified atom stereocenters. The number of sulfonamides is 1. The second-order valence-electron chi connectivity index (χ2n) is 7.21. The largest absolute Gasteiger partial charge is 0.378 e. The van der Waals surface area contributed by atoms with Crippen molar-refractivity contribution in [3.05, 3.63) is 58.1 Å². The van der Waals surface area contributed by atoms with E-state index in [1.165, 1.54) is 12.1 Å². The molecule has 29 heavy (non-hydrogen) atoms. The highest BCUT2D eigenvalue weighted by atomic mass is 32.2. The molecule has 2 aromatic rings. The summed E-state index contributed by atoms with van der Waals surface area (Å²) in [6, 6.07) is 11.7. The first-order chi connectivity index (χ1) is 13.6. The van der Waals surface area contributed by atoms with Crippen LogP contribution < -0.4 is 19.8 Å². The molecule has 0 atom stereocenters. The first kappa shape index (κ1) is 22.6. The van der Waals surface area contributed by atoms with Gasteiger partial charge in [0.25, 0.3) is 5.69 Å². The molecule has 2 rings (SSSR count). The van der Waals surface area contributed by atoms with Gasteiger partial charge in [-0.15, -0.1) is 0 Å². The van der Waals surface area contributed by atoms with Crippen LogP contribution in [0.2, 0.25) is 0 Å². The predicted molar refractivity (Wildman–Crippen MR) is 114 cm³/mol. The molecule has 0 amide bonds. The molecule has 2 aromatic carbocycles. The van der Waals surface area contributed by atoms with Crippen LogP contribution in [0.25, 0.3) is 0 Å². The third-order valence-electron chi connectivity index (χ3n) is 4.33. The number of anilines is 2. The second-order valence-corrected chi connectivity index (χ2v) is 8.97. The third kappa shape index (κ3) is 6.41. The average Bonchev–Trinajstić information content (AvgIpc) is 2.66. The topological polar surface area (TPSA) is 109 Å². The van der Waals surface area contributed by atoms with Crippen LogP contribution in [0.1, 0.15) is 5.56 Å². The van der Waals surface area contributed by atoms with E-state index in [2.05, 4.69) is 10.0 Å². The highest BCUT2D eigenvalue weighted by Crippen LogP contribution is 2.28. The van der Waals surface area contributed by atoms with Gasteiger partial charge in [-0.1, -0.05) is 12.1 Å². The molecule has 0 saturated heterocycles. The molecule has 0 bridgehead atoms. The minimum absolute atomic E-state index is 0.126. The molecule has 0 spiro atoms. The Hall–Kier alpha value is -2.69. The van der Waals surface area contributed by atoms with Crippen molar-refractivity contribution < 1.29 is 18.2 Å². The van der Waals surface area contributed by atoms with Crippen molar-refractivity contribution in [2.24, 2.45) is 0 Å². The zero-order chi connectivity index (χ0) is 21.6. The maximum absolute atomic E-state index is 12.4. The summed E-state index contributed by atoms with van der Waals surface area (Å²) in [5.41, 5.74) is 1.99. The maximum atomic E-state index is 12.4. The molecule has 158 valence electrons. The molecule has 10 heteroatoms. The fraction of sp³-hybridized carbons (Fsp3) is 0.368. The van der Waals surface area contributed by atoms with Crippen LogP contribution in [0.5, 0.6) is 0 Å². The fourth-order valence-corrected chi connectivity index (χ4v) is 3.66. The number of benzene rings is 2. The quantitative estimate of drug-likeness (QED) is 0.384. The van der Waals surface area contributed by atoms with E-state index in [0.717, 1.165) is 22.2 Å². The molecular weight excluding hydrogens is 394 g/mol. The Labute approximate surface area is 171 Å². The summed E-state index contributed by atoms with van der Waals surface area (Å²) in [6.07, 6.45) is 0. The number of nitrogens with one attached hydrogen (secondary N) is 3. The first-order valence-corrected chi connectivity index (χ1v) is 10.7. The van der Waals surface area contributed by atoms with Crippen molar-refractivity contribution in [3.8, 4) is 0 Å². The number of hydrogen-bond donors (Lipinski definition) is 3. The van der Waals surface area contributed by atoms with E-state index < -0.39 is 14.9 Å². The van der Waals surface area contributed by atoms with Crippen LogP contribution in [-0.2, 0) is 16.6 Å². The molecular formula is C19H28N5O4S+. The van der Waals surface area contributed by atoms with Gasteiger partial charge in [-0.3, -0.25) is 10.1 Å². The van der Waals surface area contributed by atoms with E-state index in [-0.39, 0.29) is 22.8 Å². The van der Waals surface area contributed by atoms with Gasteiger partial charge in [0.05, 0.1) is 37.0 Å². The Balaban J connectivity index is 2.16. The number of quaternary nitrogens is 1. The standard InChI is InChI=1S/C19H27N5O4S/c1-22(2)12-11-21-29(27,28)17-9-10-18(19(13-17)24(25)26)20-14-15-5-7-16(8-6-15)23(3)4/h5-10,13,20-21H,11-12,14H2,1-4H3/p+1. The van der Waals surface area contributed by atoms with E-state index in [1.807, 2.05) is 57.4 Å². The van der Waals surface area contributed by atoms with Crippen molar-refractivity contribution >= 4 is 27.1 Å². The molecule has 0 saturated carbocycles. The lowest BCUT2D eigenvalue weighted by atomic mass is 10.2. The molecule has 0 aliphatic rings. The first-order valence-electron chi connectivity index (χ1n) is 9.17. The van der Waals surface area contributed by atoms with Crippen molar-refractivity contribution in [3.63, 3.8) is 0 Å². The zero-order valence-electron chi connectivity index (χ0n) is 17.1. The lowest BCUT2D eigenvalue weighted by Gasteiger charge is -2.13. The Morgan fingerprint density at radius 1 is 1.10 bits per heavy atom. The van der Waals surface area contributed by atoms with Gasteiger partial charge >= 0.3 is 0 Å². The molecule has 0 aliphatic carbocycles. The van der Waals surface area contributed by atoms with Crippen molar-refractivity contribution in [2.45, 2.75) is 11.4 Å². The van der Waals surface area contributed by atoms with Gasteiger partial charge in [0.15, 0.2) is 0 Å². The summed E-state index contributed by atoms with van der Waals surface area (Å²) in [5.74, 6) is 0. The lowest BCUT2D eigenvalue weighted by molar-refractivity contribution is -0.856. The Morgan fingerprint density at radius 3 is 2.31 bits per heavy atom. The summed E-state index contributed by atoms with van der Waals surface area (Å²) in [6.45, 7) is 1.24. The normalized spacial score (nSPS) is 11.5. The van der Waals surface area contributed by atoms with Gasteiger partial charge in [0.2, 0.25) is 10.0 Å². The van der Waals surface area contributed by atoms with Crippen LogP contribution in [0.3, 0.4) is 0 Å². The summed E-state index contributed by atoms with van der Waals surface area (Å²) in [4.78, 5) is 13.8. The van der Waals surface area contributed by atoms with E-state index in [9.17, 15) is 18.5 Å². The molecule has 0 fully saturated rings. The van der Waals surface area contributed by atoms with Gasteiger partial charge < -0.3 is 15.1 Å². The SMILES string of the molecule is CN(C)c1ccc(CNc2ccc(S(=O)(=O)NCC[NH+](C)C)cc2[N+](=O)[O-])cc1. The molecule has 0 aliphatic heterocycles. The Kier molecular flexibility index (Phi) is 7.54. The molecule has 3 N–H and O–H groups in total. The highest BCUT2D eigenvalue weighted by Gasteiger charge is 2.21. The number of hydrogen-bond acceptors (Lipinski definition) is 6. The van der Waals surface area contributed by atoms with Gasteiger partial charge in [-0.2, -0.15) is 0 Å². The van der Waals surface area contributed by atoms with E-state index >= 15 is 0 Å². The molecule has 0 heterocycles. The van der Waals surface area contributed by atoms with Crippen LogP contribution in [0, 0.1) is 10.1 Å². The number of likely N-dealkylation sites (N-methyl/N-ethyl adjacent to an activating group) is 1. The lowest BCUT2D eigenvalue weighted by Crippen LogP contribution is -3.06. The fourth-order valence-electron chi connectivity index (χ4n) is 2.61. The number of rotatable bonds is 10. The zero-order valence-corrected chi connectivity index (χ0v) is 17.9. The minimum Gasteiger partial charge on any atom is -0.378 e. The summed E-state index contributed by atoms with van der Waals surface area (Å²) >= 11 is 0. The summed E-state index contributed by atoms with van der Waals surface area (Å²) in [5, 5.41) is 14.5. The van der Waals surface area contributed by atoms with Gasteiger partial charge in [-0.25, -0.2) is 13.1 Å². The molecule has 0 aromatic heterocycles. The van der Waals surface area contributed by atoms with E-state index in [4.69, 9.17) is 0 Å². The smallest absolute Gasteiger partial charge is 0.293 e. The molecule has 0 radical (unpaired) electrons. The highest BCUT2D eigenvalue weighted by molar-refractivity contribution is 7.89. The van der Waals surface area contributed by atoms with Crippen LogP contribution in [-0.4, -0.2) is 54.6 Å². The van der Waals surface area contributed by atoms with Gasteiger partial charge in [0, 0.05) is 32.4 Å². The number of nitrogens with zero attached hydrogens (tertiary/aromatic N) is 2. The van der Waals surface area contributed by atoms with Gasteiger partial charge in [0.1, 0.15) is 5.69 Å². The third-order valence-corrected chi connectivity index (χ3v) is 5.79. The minimum atomic E-state index is -3.81. The van der Waals surface area contributed by atoms with Crippen molar-refractivity contribution in [1.29, 1.82) is 0 Å². The van der Waals surface area contributed by atoms with Gasteiger partial charge in [-0.05, 0) is 29.8 Å². The number of nitro benzene ring substituents is 1. The van der Waals surface area contributed by atoms with E-state index in [0.29, 0.717) is 13.1 Å². The average molecular weight is 423 g/mol. The monoisotopic (exact) mass is 422 g/mol. The summed E-state index contributed by atoms with van der Waals surface area (Å²) < 4.78 is 27.3. The number of nitro groups is 1. The van der Waals surface area contributed by atoms with E-state index in [1.54, 1.807) is 0 Å². The second kappa shape index (κ2) is 9.68. The van der Waals surface area contributed by atoms with Crippen LogP contribution >= 0.6 is 0 Å². The maximum Gasteiger partial charge on any atom is 0.293 e. The van der Waals surface area contributed by atoms with Crippen LogP contribution in [0.4, 0.5) is 17.1 Å². The Bertz CT molecular complexity index is 944. The predicted octanol–water partition coefficient (Wildman–Crippen LogP) is 0.696. The van der Waals surface area contributed by atoms with Crippen molar-refractivity contribution in [2.75, 3.05) is 51.5 Å². The Morgan fingerprint density at radius 2 is 1.76 bits per heavy atom. The summed E-state index contributed by atoms with van der Waals surface area (Å²) in [7, 11) is 3.91. The molecule has 9 nitrogen and oxygen atoms in total. The van der Waals surface area contributed by atoms with Crippen molar-refractivity contribution in [1.82, 2.24) is 4.72 Å².